The van der Waals surface area contributed by atoms with E-state index in [1.54, 1.807) is 0 Å². The van der Waals surface area contributed by atoms with Crippen LogP contribution in [-0.4, -0.2) is 19.8 Å². The number of rotatable bonds is 4. The van der Waals surface area contributed by atoms with Crippen LogP contribution in [0.1, 0.15) is 11.1 Å². The molecule has 108 valence electrons. The summed E-state index contributed by atoms with van der Waals surface area (Å²) in [6, 6.07) is 4.26. The van der Waals surface area contributed by atoms with Gasteiger partial charge in [-0.3, -0.25) is 0 Å². The number of nitrogens with two attached hydrogens (primary N) is 1. The molecule has 0 atom stereocenters. The zero-order valence-electron chi connectivity index (χ0n) is 11.1. The van der Waals surface area contributed by atoms with Crippen LogP contribution < -0.4 is 5.73 Å². The molecule has 0 aliphatic carbocycles. The van der Waals surface area contributed by atoms with E-state index < -0.39 is 15.8 Å². The van der Waals surface area contributed by atoms with Crippen molar-refractivity contribution in [2.24, 2.45) is 0 Å². The Bertz CT molecular complexity index is 712. The molecule has 0 saturated heterocycles. The number of hydrogen-bond donors (Lipinski definition) is 1. The first kappa shape index (κ1) is 15.0. The van der Waals surface area contributed by atoms with E-state index in [0.717, 1.165) is 11.6 Å². The molecule has 0 fully saturated rings. The van der Waals surface area contributed by atoms with Crippen molar-refractivity contribution in [1.82, 2.24) is 4.31 Å². The molecule has 1 aromatic carbocycles. The number of hydrogen-bond acceptors (Lipinski definition) is 4. The van der Waals surface area contributed by atoms with Crippen molar-refractivity contribution in [1.29, 1.82) is 0 Å². The van der Waals surface area contributed by atoms with E-state index in [4.69, 9.17) is 5.73 Å². The largest absolute Gasteiger partial charge is 0.399 e. The number of anilines is 1. The molecule has 2 aromatic rings. The van der Waals surface area contributed by atoms with Gasteiger partial charge in [0.05, 0.1) is 4.90 Å². The van der Waals surface area contributed by atoms with Crippen LogP contribution in [-0.2, 0) is 16.6 Å². The number of benzene rings is 1. The van der Waals surface area contributed by atoms with E-state index >= 15 is 0 Å². The van der Waals surface area contributed by atoms with E-state index in [1.165, 1.54) is 35.7 Å². The lowest BCUT2D eigenvalue weighted by Crippen LogP contribution is -2.27. The molecule has 20 heavy (non-hydrogen) atoms. The quantitative estimate of drug-likeness (QED) is 0.882. The Morgan fingerprint density at radius 3 is 2.70 bits per heavy atom. The van der Waals surface area contributed by atoms with Gasteiger partial charge in [0.25, 0.3) is 0 Å². The first-order valence-electron chi connectivity index (χ1n) is 5.85. The van der Waals surface area contributed by atoms with E-state index in [2.05, 4.69) is 0 Å². The molecule has 1 heterocycles. The number of thiophene rings is 1. The molecule has 0 bridgehead atoms. The van der Waals surface area contributed by atoms with Crippen molar-refractivity contribution in [3.63, 3.8) is 0 Å². The highest BCUT2D eigenvalue weighted by Crippen LogP contribution is 2.25. The number of nitrogen functional groups attached to an aromatic ring is 1. The molecular formula is C13H15FN2O2S2. The second kappa shape index (κ2) is 5.51. The van der Waals surface area contributed by atoms with E-state index in [0.29, 0.717) is 0 Å². The van der Waals surface area contributed by atoms with Crippen LogP contribution in [0.15, 0.2) is 33.9 Å². The Morgan fingerprint density at radius 1 is 1.40 bits per heavy atom. The summed E-state index contributed by atoms with van der Waals surface area (Å²) in [4.78, 5) is -0.0901. The van der Waals surface area contributed by atoms with Crippen molar-refractivity contribution in [3.8, 4) is 0 Å². The normalized spacial score (nSPS) is 12.0. The highest BCUT2D eigenvalue weighted by Gasteiger charge is 2.25. The van der Waals surface area contributed by atoms with Crippen molar-refractivity contribution >= 4 is 27.0 Å². The molecule has 0 aliphatic heterocycles. The molecule has 1 aromatic heterocycles. The van der Waals surface area contributed by atoms with Gasteiger partial charge in [0.1, 0.15) is 5.82 Å². The summed E-state index contributed by atoms with van der Waals surface area (Å²) in [5, 5.41) is 3.75. The van der Waals surface area contributed by atoms with Crippen LogP contribution in [0, 0.1) is 12.7 Å². The zero-order valence-corrected chi connectivity index (χ0v) is 12.8. The predicted molar refractivity (Wildman–Crippen MR) is 78.5 cm³/mol. The maximum Gasteiger partial charge on any atom is 0.243 e. The van der Waals surface area contributed by atoms with E-state index in [9.17, 15) is 12.8 Å². The summed E-state index contributed by atoms with van der Waals surface area (Å²) >= 11 is 1.49. The SMILES string of the molecule is Cc1c(F)cc(N)cc1S(=O)(=O)N(C)Cc1ccsc1. The van der Waals surface area contributed by atoms with Gasteiger partial charge in [0.2, 0.25) is 10.0 Å². The van der Waals surface area contributed by atoms with Gasteiger partial charge in [-0.2, -0.15) is 15.6 Å². The summed E-state index contributed by atoms with van der Waals surface area (Å²) in [5.74, 6) is -0.618. The Hall–Kier alpha value is -1.44. The second-order valence-corrected chi connectivity index (χ2v) is 7.31. The van der Waals surface area contributed by atoms with Gasteiger partial charge >= 0.3 is 0 Å². The number of nitrogens with zero attached hydrogens (tertiary/aromatic N) is 1. The number of sulfonamides is 1. The van der Waals surface area contributed by atoms with Gasteiger partial charge in [0, 0.05) is 24.8 Å². The lowest BCUT2D eigenvalue weighted by molar-refractivity contribution is 0.465. The van der Waals surface area contributed by atoms with Crippen LogP contribution in [0.5, 0.6) is 0 Å². The van der Waals surface area contributed by atoms with Gasteiger partial charge in [-0.25, -0.2) is 12.8 Å². The Labute approximate surface area is 121 Å². The van der Waals surface area contributed by atoms with Crippen LogP contribution in [0.25, 0.3) is 0 Å². The number of halogens is 1. The highest BCUT2D eigenvalue weighted by atomic mass is 32.2. The molecule has 0 spiro atoms. The minimum Gasteiger partial charge on any atom is -0.399 e. The van der Waals surface area contributed by atoms with Crippen LogP contribution in [0.3, 0.4) is 0 Å². The molecule has 0 unspecified atom stereocenters. The fraction of sp³-hybridized carbons (Fsp3) is 0.231. The van der Waals surface area contributed by atoms with Gasteiger partial charge in [-0.15, -0.1) is 0 Å². The third-order valence-electron chi connectivity index (χ3n) is 2.99. The molecule has 0 saturated carbocycles. The van der Waals surface area contributed by atoms with Crippen molar-refractivity contribution in [2.75, 3.05) is 12.8 Å². The topological polar surface area (TPSA) is 63.4 Å². The lowest BCUT2D eigenvalue weighted by atomic mass is 10.2. The van der Waals surface area contributed by atoms with Crippen LogP contribution in [0.2, 0.25) is 0 Å². The van der Waals surface area contributed by atoms with Gasteiger partial charge < -0.3 is 5.73 Å². The predicted octanol–water partition coefficient (Wildman–Crippen LogP) is 2.60. The fourth-order valence-electron chi connectivity index (χ4n) is 1.83. The summed E-state index contributed by atoms with van der Waals surface area (Å²) in [7, 11) is -2.31. The third-order valence-corrected chi connectivity index (χ3v) is 5.65. The van der Waals surface area contributed by atoms with Crippen LogP contribution in [0.4, 0.5) is 10.1 Å². The van der Waals surface area contributed by atoms with Crippen molar-refractivity contribution in [3.05, 3.63) is 45.9 Å². The molecule has 2 rings (SSSR count). The van der Waals surface area contributed by atoms with Gasteiger partial charge in [0.15, 0.2) is 0 Å². The second-order valence-electron chi connectivity index (χ2n) is 4.52. The zero-order chi connectivity index (χ0) is 14.9. The summed E-state index contributed by atoms with van der Waals surface area (Å²) < 4.78 is 39.8. The Morgan fingerprint density at radius 2 is 2.10 bits per heavy atom. The summed E-state index contributed by atoms with van der Waals surface area (Å²) in [5.41, 5.74) is 6.60. The minimum atomic E-state index is -3.77. The molecule has 0 radical (unpaired) electrons. The van der Waals surface area contributed by atoms with E-state index in [-0.39, 0.29) is 22.7 Å². The molecule has 4 nitrogen and oxygen atoms in total. The van der Waals surface area contributed by atoms with Gasteiger partial charge in [-0.1, -0.05) is 0 Å². The molecular weight excluding hydrogens is 299 g/mol. The minimum absolute atomic E-state index is 0.0800. The average molecular weight is 314 g/mol. The third kappa shape index (κ3) is 2.84. The van der Waals surface area contributed by atoms with E-state index in [1.807, 2.05) is 16.8 Å². The Balaban J connectivity index is 2.40. The lowest BCUT2D eigenvalue weighted by Gasteiger charge is -2.18. The first-order valence-corrected chi connectivity index (χ1v) is 8.23. The monoisotopic (exact) mass is 314 g/mol. The maximum absolute atomic E-state index is 13.6. The summed E-state index contributed by atoms with van der Waals surface area (Å²) in [6.45, 7) is 1.67. The fourth-order valence-corrected chi connectivity index (χ4v) is 3.92. The van der Waals surface area contributed by atoms with Crippen molar-refractivity contribution < 1.29 is 12.8 Å². The average Bonchev–Trinajstić information content (AvgIpc) is 2.86. The molecule has 2 N–H and O–H groups in total. The standard InChI is InChI=1S/C13H15FN2O2S2/c1-9-12(14)5-11(15)6-13(9)20(17,18)16(2)7-10-3-4-19-8-10/h3-6,8H,7,15H2,1-2H3. The molecule has 0 aliphatic rings. The maximum atomic E-state index is 13.6. The Kier molecular flexibility index (Phi) is 4.12. The van der Waals surface area contributed by atoms with Crippen LogP contribution >= 0.6 is 11.3 Å². The van der Waals surface area contributed by atoms with Gasteiger partial charge in [-0.05, 0) is 41.4 Å². The smallest absolute Gasteiger partial charge is 0.243 e. The first-order chi connectivity index (χ1) is 9.32. The highest BCUT2D eigenvalue weighted by molar-refractivity contribution is 7.89. The molecule has 0 amide bonds. The van der Waals surface area contributed by atoms with Crippen molar-refractivity contribution in [2.45, 2.75) is 18.4 Å². The molecule has 7 heteroatoms. The summed E-state index contributed by atoms with van der Waals surface area (Å²) in [6.07, 6.45) is 0.